The van der Waals surface area contributed by atoms with Crippen LogP contribution in [-0.2, 0) is 15.7 Å². The number of benzene rings is 1. The van der Waals surface area contributed by atoms with Crippen molar-refractivity contribution in [1.29, 1.82) is 0 Å². The topological polar surface area (TPSA) is 26.3 Å². The number of halogens is 3. The minimum Gasteiger partial charge on any atom is -0.469 e. The highest BCUT2D eigenvalue weighted by Crippen LogP contribution is 2.36. The van der Waals surface area contributed by atoms with Crippen molar-refractivity contribution >= 4 is 17.7 Å². The van der Waals surface area contributed by atoms with Crippen LogP contribution >= 0.6 is 11.8 Å². The van der Waals surface area contributed by atoms with E-state index >= 15 is 0 Å². The van der Waals surface area contributed by atoms with E-state index in [4.69, 9.17) is 0 Å². The maximum Gasteiger partial charge on any atom is 0.416 e. The summed E-state index contributed by atoms with van der Waals surface area (Å²) in [6.45, 7) is 0. The molecule has 0 radical (unpaired) electrons. The van der Waals surface area contributed by atoms with Gasteiger partial charge in [-0.1, -0.05) is 18.2 Å². The largest absolute Gasteiger partial charge is 0.469 e. The molecule has 0 spiro atoms. The second-order valence-electron chi connectivity index (χ2n) is 3.62. The number of rotatable bonds is 4. The van der Waals surface area contributed by atoms with E-state index in [1.165, 1.54) is 37.1 Å². The monoisotopic (exact) mass is 278 g/mol. The highest BCUT2D eigenvalue weighted by molar-refractivity contribution is 7.98. The molecule has 2 nitrogen and oxygen atoms in total. The number of carbonyl (C=O) groups excluding carboxylic acids is 1. The second kappa shape index (κ2) is 6.13. The summed E-state index contributed by atoms with van der Waals surface area (Å²) in [5, 5.41) is 0. The number of esters is 1. The van der Waals surface area contributed by atoms with Crippen molar-refractivity contribution in [1.82, 2.24) is 0 Å². The van der Waals surface area contributed by atoms with Crippen LogP contribution in [0.2, 0.25) is 0 Å². The third-order valence-electron chi connectivity index (χ3n) is 2.46. The molecule has 0 aliphatic carbocycles. The minimum atomic E-state index is -4.47. The summed E-state index contributed by atoms with van der Waals surface area (Å²) in [7, 11) is 1.17. The molecule has 6 heteroatoms. The Morgan fingerprint density at radius 2 is 2.00 bits per heavy atom. The number of alkyl halides is 3. The van der Waals surface area contributed by atoms with Crippen molar-refractivity contribution in [3.63, 3.8) is 0 Å². The molecule has 0 aliphatic heterocycles. The Hall–Kier alpha value is -1.17. The summed E-state index contributed by atoms with van der Waals surface area (Å²) < 4.78 is 43.1. The van der Waals surface area contributed by atoms with Crippen molar-refractivity contribution in [2.75, 3.05) is 19.1 Å². The van der Waals surface area contributed by atoms with E-state index in [1.807, 2.05) is 0 Å². The summed E-state index contributed by atoms with van der Waals surface area (Å²) in [5.41, 5.74) is -0.819. The van der Waals surface area contributed by atoms with Crippen LogP contribution in [0.5, 0.6) is 0 Å². The number of hydrogen-bond donors (Lipinski definition) is 0. The Balaban J connectivity index is 3.24. The average Bonchev–Trinajstić information content (AvgIpc) is 2.34. The maximum atomic E-state index is 12.9. The molecule has 0 aromatic heterocycles. The maximum absolute atomic E-state index is 12.9. The Morgan fingerprint density at radius 1 is 1.39 bits per heavy atom. The van der Waals surface area contributed by atoms with Gasteiger partial charge in [-0.2, -0.15) is 24.9 Å². The van der Waals surface area contributed by atoms with Crippen LogP contribution in [0.4, 0.5) is 13.2 Å². The van der Waals surface area contributed by atoms with E-state index < -0.39 is 23.6 Å². The predicted molar refractivity (Wildman–Crippen MR) is 64.6 cm³/mol. The van der Waals surface area contributed by atoms with Crippen molar-refractivity contribution in [2.45, 2.75) is 12.1 Å². The highest BCUT2D eigenvalue weighted by atomic mass is 32.2. The number of hydrogen-bond acceptors (Lipinski definition) is 3. The first kappa shape index (κ1) is 14.9. The number of carbonyl (C=O) groups is 1. The highest BCUT2D eigenvalue weighted by Gasteiger charge is 2.36. The molecule has 1 aromatic rings. The summed E-state index contributed by atoms with van der Waals surface area (Å²) in [4.78, 5) is 11.6. The zero-order valence-electron chi connectivity index (χ0n) is 9.95. The van der Waals surface area contributed by atoms with Crippen LogP contribution in [0.3, 0.4) is 0 Å². The van der Waals surface area contributed by atoms with Crippen LogP contribution in [0.25, 0.3) is 0 Å². The van der Waals surface area contributed by atoms with Gasteiger partial charge in [-0.3, -0.25) is 4.79 Å². The molecule has 1 rings (SSSR count). The van der Waals surface area contributed by atoms with Gasteiger partial charge in [-0.25, -0.2) is 0 Å². The van der Waals surface area contributed by atoms with E-state index in [0.29, 0.717) is 0 Å². The van der Waals surface area contributed by atoms with Crippen LogP contribution < -0.4 is 0 Å². The van der Waals surface area contributed by atoms with Gasteiger partial charge in [-0.15, -0.1) is 0 Å². The molecule has 0 saturated heterocycles. The molecule has 1 atom stereocenters. The first-order valence-electron chi connectivity index (χ1n) is 5.14. The van der Waals surface area contributed by atoms with Gasteiger partial charge in [0, 0.05) is 5.75 Å². The molecule has 0 aliphatic rings. The summed E-state index contributed by atoms with van der Waals surface area (Å²) in [5.74, 6) is -1.30. The van der Waals surface area contributed by atoms with Crippen molar-refractivity contribution in [3.8, 4) is 0 Å². The predicted octanol–water partition coefficient (Wildman–Crippen LogP) is 3.33. The van der Waals surface area contributed by atoms with Crippen molar-refractivity contribution in [2.24, 2.45) is 0 Å². The molecule has 0 amide bonds. The normalized spacial score (nSPS) is 13.2. The van der Waals surface area contributed by atoms with E-state index in [0.717, 1.165) is 6.07 Å². The average molecular weight is 278 g/mol. The van der Waals surface area contributed by atoms with Gasteiger partial charge >= 0.3 is 12.1 Å². The molecule has 1 unspecified atom stereocenters. The summed E-state index contributed by atoms with van der Waals surface area (Å²) >= 11 is 1.30. The van der Waals surface area contributed by atoms with Gasteiger partial charge in [0.1, 0.15) is 0 Å². The molecule has 0 N–H and O–H groups in total. The smallest absolute Gasteiger partial charge is 0.416 e. The summed E-state index contributed by atoms with van der Waals surface area (Å²) in [6, 6.07) is 5.09. The second-order valence-corrected chi connectivity index (χ2v) is 4.53. The lowest BCUT2D eigenvalue weighted by Gasteiger charge is -2.19. The zero-order valence-corrected chi connectivity index (χ0v) is 10.8. The van der Waals surface area contributed by atoms with E-state index in [1.54, 1.807) is 6.26 Å². The molecule has 0 saturated carbocycles. The number of methoxy groups -OCH3 is 1. The number of thioether (sulfide) groups is 1. The lowest BCUT2D eigenvalue weighted by Crippen LogP contribution is -2.21. The van der Waals surface area contributed by atoms with Gasteiger partial charge in [0.15, 0.2) is 0 Å². The van der Waals surface area contributed by atoms with Gasteiger partial charge in [0.2, 0.25) is 0 Å². The van der Waals surface area contributed by atoms with Gasteiger partial charge in [0.25, 0.3) is 0 Å². The fourth-order valence-electron chi connectivity index (χ4n) is 1.65. The quantitative estimate of drug-likeness (QED) is 0.790. The fraction of sp³-hybridized carbons (Fsp3) is 0.417. The molecule has 0 heterocycles. The van der Waals surface area contributed by atoms with Crippen molar-refractivity contribution < 1.29 is 22.7 Å². The Kier molecular flexibility index (Phi) is 5.07. The molecule has 18 heavy (non-hydrogen) atoms. The fourth-order valence-corrected chi connectivity index (χ4v) is 2.30. The van der Waals surface area contributed by atoms with Crippen LogP contribution in [0, 0.1) is 0 Å². The molecule has 0 bridgehead atoms. The van der Waals surface area contributed by atoms with Crippen LogP contribution in [-0.4, -0.2) is 25.1 Å². The van der Waals surface area contributed by atoms with Gasteiger partial charge < -0.3 is 4.74 Å². The first-order chi connectivity index (χ1) is 8.41. The Labute approximate surface area is 108 Å². The van der Waals surface area contributed by atoms with Gasteiger partial charge in [0.05, 0.1) is 18.6 Å². The number of ether oxygens (including phenoxy) is 1. The van der Waals surface area contributed by atoms with Crippen LogP contribution in [0.15, 0.2) is 24.3 Å². The van der Waals surface area contributed by atoms with E-state index in [9.17, 15) is 18.0 Å². The van der Waals surface area contributed by atoms with Crippen molar-refractivity contribution in [3.05, 3.63) is 35.4 Å². The Bertz CT molecular complexity index is 418. The standard InChI is InChI=1S/C12H13F3O2S/c1-17-11(16)9(7-18-2)8-5-3-4-6-10(8)12(13,14)15/h3-6,9H,7H2,1-2H3. The minimum absolute atomic E-state index is 0.0359. The Morgan fingerprint density at radius 3 is 2.50 bits per heavy atom. The third-order valence-corrected chi connectivity index (χ3v) is 3.13. The summed E-state index contributed by atoms with van der Waals surface area (Å²) in [6.07, 6.45) is -2.74. The van der Waals surface area contributed by atoms with E-state index in [2.05, 4.69) is 4.74 Å². The molecular weight excluding hydrogens is 265 g/mol. The molecule has 0 fully saturated rings. The van der Waals surface area contributed by atoms with E-state index in [-0.39, 0.29) is 11.3 Å². The third kappa shape index (κ3) is 3.41. The zero-order chi connectivity index (χ0) is 13.8. The van der Waals surface area contributed by atoms with Crippen LogP contribution in [0.1, 0.15) is 17.0 Å². The lowest BCUT2D eigenvalue weighted by atomic mass is 9.95. The molecular formula is C12H13F3O2S. The molecule has 1 aromatic carbocycles. The van der Waals surface area contributed by atoms with Gasteiger partial charge in [-0.05, 0) is 17.9 Å². The first-order valence-corrected chi connectivity index (χ1v) is 6.54. The SMILES string of the molecule is COC(=O)C(CSC)c1ccccc1C(F)(F)F. The molecule has 100 valence electrons. The lowest BCUT2D eigenvalue weighted by molar-refractivity contribution is -0.143.